The number of hydrogen-bond acceptors (Lipinski definition) is 21. The monoisotopic (exact) mass is 1610 g/mol. The maximum Gasteiger partial charge on any atom is 0.408 e. The van der Waals surface area contributed by atoms with E-state index in [0.29, 0.717) is 77.2 Å². The van der Waals surface area contributed by atoms with Crippen molar-refractivity contribution in [1.29, 1.82) is 0 Å². The van der Waals surface area contributed by atoms with Crippen molar-refractivity contribution in [1.82, 2.24) is 69.1 Å². The number of alkyl carbamates (subject to hydrolysis) is 7. The van der Waals surface area contributed by atoms with E-state index >= 15 is 0 Å². The Morgan fingerprint density at radius 2 is 0.389 bits per heavy atom. The van der Waals surface area contributed by atoms with Crippen LogP contribution >= 0.6 is 0 Å². The van der Waals surface area contributed by atoms with Crippen LogP contribution in [0.1, 0.15) is 294 Å². The highest BCUT2D eigenvalue weighted by atomic mass is 16.6. The molecule has 652 valence electrons. The number of carbonyl (C=O) groups is 14. The Hall–Kier alpha value is -8.62. The molecule has 0 bridgehead atoms. The van der Waals surface area contributed by atoms with Gasteiger partial charge < -0.3 is 102 Å². The molecule has 0 aromatic carbocycles. The van der Waals surface area contributed by atoms with Crippen molar-refractivity contribution in [3.8, 4) is 0 Å². The Morgan fingerprint density at radius 1 is 0.212 bits per heavy atom. The second-order valence-electron chi connectivity index (χ2n) is 35.3. The summed E-state index contributed by atoms with van der Waals surface area (Å²) in [7, 11) is 0. The summed E-state index contributed by atoms with van der Waals surface area (Å²) in [6.45, 7) is 40.3. The number of rotatable bonds is 48. The van der Waals surface area contributed by atoms with E-state index in [-0.39, 0.29) is 115 Å². The van der Waals surface area contributed by atoms with Crippen LogP contribution in [0.3, 0.4) is 0 Å². The fourth-order valence-electron chi connectivity index (χ4n) is 10.5. The van der Waals surface area contributed by atoms with Gasteiger partial charge in [-0.2, -0.15) is 0 Å². The number of unbranched alkanes of at least 4 members (excludes halogenated alkanes) is 7. The fraction of sp³-hybridized carbons (Fsp3) is 0.823. The largest absolute Gasteiger partial charge is 0.444 e. The molecule has 34 nitrogen and oxygen atoms in total. The fourth-order valence-corrected chi connectivity index (χ4v) is 10.5. The first-order chi connectivity index (χ1) is 52.0. The summed E-state index contributed by atoms with van der Waals surface area (Å²) in [5, 5.41) is 35.7. The summed E-state index contributed by atoms with van der Waals surface area (Å²) in [4.78, 5) is 186. The lowest BCUT2D eigenvalue weighted by molar-refractivity contribution is -0.132. The molecule has 7 unspecified atom stereocenters. The minimum atomic E-state index is -1.26. The van der Waals surface area contributed by atoms with E-state index in [9.17, 15) is 67.1 Å². The van der Waals surface area contributed by atoms with Gasteiger partial charge in [-0.25, -0.2) is 33.6 Å². The minimum Gasteiger partial charge on any atom is -0.444 e. The molecule has 13 amide bonds. The van der Waals surface area contributed by atoms with Crippen molar-refractivity contribution >= 4 is 83.9 Å². The number of nitrogens with one attached hydrogen (secondary N) is 13. The van der Waals surface area contributed by atoms with E-state index in [2.05, 4.69) is 69.1 Å². The van der Waals surface area contributed by atoms with Crippen LogP contribution in [-0.4, -0.2) is 205 Å². The summed E-state index contributed by atoms with van der Waals surface area (Å²) in [5.41, 5.74) is -5.56. The van der Waals surface area contributed by atoms with Gasteiger partial charge in [-0.3, -0.25) is 33.6 Å². The number of ketones is 1. The van der Waals surface area contributed by atoms with Crippen LogP contribution < -0.4 is 69.1 Å². The summed E-state index contributed by atoms with van der Waals surface area (Å²) >= 11 is 0. The van der Waals surface area contributed by atoms with Crippen LogP contribution in [-0.2, 0) is 66.7 Å². The quantitative estimate of drug-likeness (QED) is 0.0199. The Bertz CT molecular complexity index is 2980. The lowest BCUT2D eigenvalue weighted by atomic mass is 10.0. The molecule has 0 saturated carbocycles. The van der Waals surface area contributed by atoms with E-state index < -0.39 is 153 Å². The zero-order valence-corrected chi connectivity index (χ0v) is 72.4. The van der Waals surface area contributed by atoms with Gasteiger partial charge in [0.25, 0.3) is 0 Å². The van der Waals surface area contributed by atoms with Crippen molar-refractivity contribution in [2.75, 3.05) is 45.8 Å². The normalized spacial score (nSPS) is 13.8. The molecule has 0 heterocycles. The maximum atomic E-state index is 14.5. The van der Waals surface area contributed by atoms with Crippen LogP contribution in [0.15, 0.2) is 0 Å². The number of ether oxygens (including phenoxy) is 7. The van der Waals surface area contributed by atoms with E-state index in [1.165, 1.54) is 6.92 Å². The molecular formula is C79H145N13O21. The van der Waals surface area contributed by atoms with Crippen molar-refractivity contribution < 1.29 is 100 Å². The molecular weight excluding hydrogens is 1470 g/mol. The number of carbonyl (C=O) groups excluding carboxylic acids is 14. The van der Waals surface area contributed by atoms with Crippen LogP contribution in [0.5, 0.6) is 0 Å². The van der Waals surface area contributed by atoms with Crippen LogP contribution in [0.2, 0.25) is 0 Å². The summed E-state index contributed by atoms with van der Waals surface area (Å²) in [5.74, 6) is -4.24. The van der Waals surface area contributed by atoms with Crippen molar-refractivity contribution in [2.45, 2.75) is 370 Å². The first kappa shape index (κ1) is 104. The van der Waals surface area contributed by atoms with Gasteiger partial charge in [0.2, 0.25) is 35.4 Å². The molecule has 0 spiro atoms. The van der Waals surface area contributed by atoms with Crippen LogP contribution in [0.4, 0.5) is 33.6 Å². The third-order valence-corrected chi connectivity index (χ3v) is 15.7. The van der Waals surface area contributed by atoms with Crippen molar-refractivity contribution in [2.24, 2.45) is 5.92 Å². The Labute approximate surface area is 671 Å². The van der Waals surface area contributed by atoms with Gasteiger partial charge in [-0.05, 0) is 281 Å². The molecule has 0 aliphatic carbocycles. The van der Waals surface area contributed by atoms with Gasteiger partial charge in [-0.1, -0.05) is 13.3 Å². The second-order valence-corrected chi connectivity index (χ2v) is 35.3. The third-order valence-electron chi connectivity index (χ3n) is 15.7. The van der Waals surface area contributed by atoms with Crippen LogP contribution in [0, 0.1) is 5.92 Å². The van der Waals surface area contributed by atoms with E-state index in [1.807, 2.05) is 0 Å². The van der Waals surface area contributed by atoms with E-state index in [1.54, 1.807) is 152 Å². The molecule has 0 radical (unpaired) electrons. The number of hydrogen-bond donors (Lipinski definition) is 13. The second kappa shape index (κ2) is 52.0. The van der Waals surface area contributed by atoms with Gasteiger partial charge in [0.1, 0.15) is 69.4 Å². The molecule has 0 aliphatic rings. The molecule has 0 aromatic heterocycles. The van der Waals surface area contributed by atoms with Crippen LogP contribution in [0.25, 0.3) is 0 Å². The predicted octanol–water partition coefficient (Wildman–Crippen LogP) is 9.99. The smallest absolute Gasteiger partial charge is 0.408 e. The summed E-state index contributed by atoms with van der Waals surface area (Å²) < 4.78 is 37.7. The first-order valence-corrected chi connectivity index (χ1v) is 40.1. The average Bonchev–Trinajstić information content (AvgIpc) is 0.838. The molecule has 34 heteroatoms. The zero-order chi connectivity index (χ0) is 86.6. The molecule has 13 N–H and O–H groups in total. The van der Waals surface area contributed by atoms with E-state index in [4.69, 9.17) is 33.2 Å². The molecule has 0 aromatic rings. The average molecular weight is 1610 g/mol. The lowest BCUT2D eigenvalue weighted by Gasteiger charge is -2.26. The van der Waals surface area contributed by atoms with Gasteiger partial charge in [-0.15, -0.1) is 0 Å². The third kappa shape index (κ3) is 58.8. The Morgan fingerprint density at radius 3 is 0.628 bits per heavy atom. The zero-order valence-electron chi connectivity index (χ0n) is 72.4. The van der Waals surface area contributed by atoms with Gasteiger partial charge in [0, 0.05) is 51.7 Å². The highest BCUT2D eigenvalue weighted by Crippen LogP contribution is 2.18. The predicted molar refractivity (Wildman–Crippen MR) is 428 cm³/mol. The van der Waals surface area contributed by atoms with E-state index in [0.717, 1.165) is 0 Å². The van der Waals surface area contributed by atoms with Crippen molar-refractivity contribution in [3.05, 3.63) is 0 Å². The minimum absolute atomic E-state index is 0.0254. The molecule has 0 saturated heterocycles. The molecule has 0 fully saturated rings. The molecule has 0 rings (SSSR count). The maximum absolute atomic E-state index is 14.5. The molecule has 7 atom stereocenters. The highest BCUT2D eigenvalue weighted by Gasteiger charge is 2.33. The molecule has 0 aliphatic heterocycles. The topological polar surface area (TPSA) is 460 Å². The number of Topliss-reactive ketones (excluding diaryl/α,β-unsaturated/α-hetero) is 1. The molecule has 113 heavy (non-hydrogen) atoms. The number of amides is 13. The first-order valence-electron chi connectivity index (χ1n) is 40.1. The summed E-state index contributed by atoms with van der Waals surface area (Å²) in [6, 6.07) is -7.02. The highest BCUT2D eigenvalue weighted by molar-refractivity contribution is 5.94. The standard InChI is InChI=1S/C79H145N13O21/c1-52(38-24-31-48-83-66(100)107-73(3,4)5)60(94)80-45-33-27-42-57(89-65(99)59(92-72(106)113-79(21,22)23)44-30-37-51-86-69(103)110-76(12,13)14)63(97)87-54(53(2)93)39-25-32-46-81-61(95)55(88-64(98)58(91-71(105)112-78(18,19)20)43-29-36-50-85-68(102)109-75(9,10)11)40-26-34-47-82-62(96)56(90-70(104)111-77(15,16)17)41-28-35-49-84-67(101)108-74(6,7)8/h52,54-59H,24-51H2,1-23H3,(H,80,94)(H,81,95)(H,82,96)(H,83,100)(H,84,101)(H,85,102)(H,86,103)(H,87,97)(H,88,98)(H,89,99)(H,90,104)(H,91,105)(H,92,106). The summed E-state index contributed by atoms with van der Waals surface area (Å²) in [6.07, 6.45) is 1.34. The van der Waals surface area contributed by atoms with Gasteiger partial charge >= 0.3 is 42.7 Å². The van der Waals surface area contributed by atoms with Gasteiger partial charge in [0.05, 0.1) is 6.04 Å². The SMILES string of the molecule is CC(=O)C(CCCCNC(=O)C(CCCCNC(=O)C(CCCCNC(=O)OC(C)(C)C)NC(=O)OC(C)(C)C)NC(=O)C(CCCCNC(=O)OC(C)(C)C)NC(=O)OC(C)(C)C)NC(=O)C(CCCCNC(=O)C(C)CCCCNC(=O)OC(C)(C)C)NC(=O)C(CCCCNC(=O)OC(C)(C)C)NC(=O)OC(C)(C)C. The Balaban J connectivity index is 6.86. The van der Waals surface area contributed by atoms with Gasteiger partial charge in [0.15, 0.2) is 5.78 Å². The van der Waals surface area contributed by atoms with Crippen molar-refractivity contribution in [3.63, 3.8) is 0 Å². The Kier molecular flexibility index (Phi) is 48.0. The lowest BCUT2D eigenvalue weighted by Crippen LogP contribution is -2.56.